The van der Waals surface area contributed by atoms with E-state index in [1.165, 1.54) is 19.3 Å². The second kappa shape index (κ2) is 5.35. The lowest BCUT2D eigenvalue weighted by atomic mass is 9.77. The van der Waals surface area contributed by atoms with Crippen LogP contribution < -0.4 is 5.73 Å². The molecular weight excluding hydrogens is 210 g/mol. The van der Waals surface area contributed by atoms with E-state index in [-0.39, 0.29) is 11.7 Å². The number of hydrogen-bond donors (Lipinski definition) is 1. The van der Waals surface area contributed by atoms with Gasteiger partial charge in [-0.25, -0.2) is 0 Å². The van der Waals surface area contributed by atoms with E-state index >= 15 is 0 Å². The molecule has 2 atom stereocenters. The normalized spacial score (nSPS) is 24.5. The van der Waals surface area contributed by atoms with Gasteiger partial charge in [-0.15, -0.1) is 0 Å². The van der Waals surface area contributed by atoms with E-state index < -0.39 is 0 Å². The Hall–Kier alpha value is -1.31. The van der Waals surface area contributed by atoms with Crippen LogP contribution in [-0.2, 0) is 0 Å². The van der Waals surface area contributed by atoms with E-state index in [4.69, 9.17) is 5.73 Å². The Morgan fingerprint density at radius 2 is 2.24 bits per heavy atom. The Bertz CT molecular complexity index is 400. The van der Waals surface area contributed by atoms with Crippen molar-refractivity contribution in [3.8, 4) is 0 Å². The number of ketones is 1. The molecule has 1 aromatic carbocycles. The van der Waals surface area contributed by atoms with Gasteiger partial charge in [0.1, 0.15) is 0 Å². The van der Waals surface area contributed by atoms with Crippen LogP contribution in [0, 0.1) is 11.8 Å². The second-order valence-corrected chi connectivity index (χ2v) is 5.13. The van der Waals surface area contributed by atoms with Crippen LogP contribution in [-0.4, -0.2) is 5.78 Å². The van der Waals surface area contributed by atoms with Gasteiger partial charge in [0.05, 0.1) is 0 Å². The molecule has 1 fully saturated rings. The second-order valence-electron chi connectivity index (χ2n) is 5.13. The van der Waals surface area contributed by atoms with Crippen molar-refractivity contribution in [3.05, 3.63) is 29.8 Å². The van der Waals surface area contributed by atoms with Crippen LogP contribution in [0.2, 0.25) is 0 Å². The number of nitrogen functional groups attached to an aromatic ring is 1. The molecule has 2 N–H and O–H groups in total. The molecule has 2 heteroatoms. The lowest BCUT2D eigenvalue weighted by molar-refractivity contribution is 0.0862. The standard InChI is InChI=1S/C15H21NO/c1-2-11-5-3-6-12(9-11)15(17)13-7-4-8-14(16)10-13/h4,7-8,10-12H,2-3,5-6,9,16H2,1H3. The zero-order valence-electron chi connectivity index (χ0n) is 10.5. The quantitative estimate of drug-likeness (QED) is 0.637. The van der Waals surface area contributed by atoms with Crippen LogP contribution >= 0.6 is 0 Å². The summed E-state index contributed by atoms with van der Waals surface area (Å²) in [7, 11) is 0. The first-order valence-corrected chi connectivity index (χ1v) is 6.60. The number of carbonyl (C=O) groups excluding carboxylic acids is 1. The van der Waals surface area contributed by atoms with Gasteiger partial charge in [-0.05, 0) is 30.9 Å². The number of carbonyl (C=O) groups is 1. The molecule has 92 valence electrons. The van der Waals surface area contributed by atoms with Crippen LogP contribution in [0.25, 0.3) is 0 Å². The van der Waals surface area contributed by atoms with Gasteiger partial charge in [0, 0.05) is 17.2 Å². The molecule has 2 rings (SSSR count). The summed E-state index contributed by atoms with van der Waals surface area (Å²) in [6.45, 7) is 2.22. The van der Waals surface area contributed by atoms with Crippen LogP contribution in [0.15, 0.2) is 24.3 Å². The van der Waals surface area contributed by atoms with Crippen LogP contribution in [0.1, 0.15) is 49.4 Å². The van der Waals surface area contributed by atoms with Crippen molar-refractivity contribution in [1.82, 2.24) is 0 Å². The fourth-order valence-electron chi connectivity index (χ4n) is 2.83. The predicted octanol–water partition coefficient (Wildman–Crippen LogP) is 3.67. The monoisotopic (exact) mass is 231 g/mol. The minimum absolute atomic E-state index is 0.218. The summed E-state index contributed by atoms with van der Waals surface area (Å²) < 4.78 is 0. The van der Waals surface area contributed by atoms with Gasteiger partial charge in [-0.3, -0.25) is 4.79 Å². The first kappa shape index (κ1) is 12.2. The highest BCUT2D eigenvalue weighted by Crippen LogP contribution is 2.33. The molecule has 0 saturated heterocycles. The molecule has 2 nitrogen and oxygen atoms in total. The van der Waals surface area contributed by atoms with Gasteiger partial charge >= 0.3 is 0 Å². The number of benzene rings is 1. The summed E-state index contributed by atoms with van der Waals surface area (Å²) in [5.41, 5.74) is 7.19. The van der Waals surface area contributed by atoms with Crippen LogP contribution in [0.4, 0.5) is 5.69 Å². The first-order chi connectivity index (χ1) is 8.20. The van der Waals surface area contributed by atoms with Gasteiger partial charge in [-0.2, -0.15) is 0 Å². The molecule has 17 heavy (non-hydrogen) atoms. The number of rotatable bonds is 3. The number of anilines is 1. The molecule has 0 aliphatic heterocycles. The van der Waals surface area contributed by atoms with Gasteiger partial charge in [0.15, 0.2) is 5.78 Å². The zero-order chi connectivity index (χ0) is 12.3. The fourth-order valence-corrected chi connectivity index (χ4v) is 2.83. The summed E-state index contributed by atoms with van der Waals surface area (Å²) in [6.07, 6.45) is 5.78. The largest absolute Gasteiger partial charge is 0.399 e. The maximum absolute atomic E-state index is 12.4. The summed E-state index contributed by atoms with van der Waals surface area (Å²) in [6, 6.07) is 7.38. The highest BCUT2D eigenvalue weighted by atomic mass is 16.1. The Kier molecular flexibility index (Phi) is 3.82. The van der Waals surface area contributed by atoms with Gasteiger partial charge < -0.3 is 5.73 Å². The summed E-state index contributed by atoms with van der Waals surface area (Å²) in [5, 5.41) is 0. The predicted molar refractivity (Wildman–Crippen MR) is 70.9 cm³/mol. The van der Waals surface area contributed by atoms with E-state index in [1.54, 1.807) is 6.07 Å². The Morgan fingerprint density at radius 1 is 1.41 bits per heavy atom. The molecule has 2 unspecified atom stereocenters. The fraction of sp³-hybridized carbons (Fsp3) is 0.533. The van der Waals surface area contributed by atoms with Crippen LogP contribution in [0.3, 0.4) is 0 Å². The molecule has 0 aromatic heterocycles. The smallest absolute Gasteiger partial charge is 0.166 e. The van der Waals surface area contributed by atoms with Crippen molar-refractivity contribution in [1.29, 1.82) is 0 Å². The van der Waals surface area contributed by atoms with Gasteiger partial charge in [0.25, 0.3) is 0 Å². The van der Waals surface area contributed by atoms with E-state index in [0.717, 1.165) is 24.3 Å². The third kappa shape index (κ3) is 2.87. The van der Waals surface area contributed by atoms with Crippen molar-refractivity contribution in [3.63, 3.8) is 0 Å². The molecule has 0 radical (unpaired) electrons. The average molecular weight is 231 g/mol. The highest BCUT2D eigenvalue weighted by Gasteiger charge is 2.26. The van der Waals surface area contributed by atoms with Gasteiger partial charge in [0.2, 0.25) is 0 Å². The van der Waals surface area contributed by atoms with E-state index in [0.29, 0.717) is 5.69 Å². The van der Waals surface area contributed by atoms with Crippen molar-refractivity contribution < 1.29 is 4.79 Å². The zero-order valence-corrected chi connectivity index (χ0v) is 10.5. The van der Waals surface area contributed by atoms with E-state index in [2.05, 4.69) is 6.92 Å². The maximum Gasteiger partial charge on any atom is 0.166 e. The Balaban J connectivity index is 2.09. The molecule has 0 amide bonds. The Labute approximate surface area is 103 Å². The number of hydrogen-bond acceptors (Lipinski definition) is 2. The lowest BCUT2D eigenvalue weighted by Gasteiger charge is -2.27. The van der Waals surface area contributed by atoms with Crippen molar-refractivity contribution in [2.24, 2.45) is 11.8 Å². The van der Waals surface area contributed by atoms with E-state index in [9.17, 15) is 4.79 Å². The molecule has 1 saturated carbocycles. The average Bonchev–Trinajstić information content (AvgIpc) is 2.38. The first-order valence-electron chi connectivity index (χ1n) is 6.60. The third-order valence-corrected chi connectivity index (χ3v) is 3.90. The minimum Gasteiger partial charge on any atom is -0.399 e. The highest BCUT2D eigenvalue weighted by molar-refractivity contribution is 5.98. The van der Waals surface area contributed by atoms with Crippen molar-refractivity contribution in [2.75, 3.05) is 5.73 Å². The van der Waals surface area contributed by atoms with Crippen LogP contribution in [0.5, 0.6) is 0 Å². The van der Waals surface area contributed by atoms with E-state index in [1.807, 2.05) is 18.2 Å². The molecule has 1 aromatic rings. The van der Waals surface area contributed by atoms with Gasteiger partial charge in [-0.1, -0.05) is 38.3 Å². The SMILES string of the molecule is CCC1CCCC(C(=O)c2cccc(N)c2)C1. The molecule has 0 heterocycles. The number of nitrogens with two attached hydrogens (primary N) is 1. The lowest BCUT2D eigenvalue weighted by Crippen LogP contribution is -2.22. The van der Waals surface area contributed by atoms with Crippen molar-refractivity contribution in [2.45, 2.75) is 39.0 Å². The topological polar surface area (TPSA) is 43.1 Å². The molecular formula is C15H21NO. The third-order valence-electron chi connectivity index (χ3n) is 3.90. The maximum atomic E-state index is 12.4. The molecule has 1 aliphatic rings. The van der Waals surface area contributed by atoms with Crippen molar-refractivity contribution >= 4 is 11.5 Å². The molecule has 0 bridgehead atoms. The molecule has 0 spiro atoms. The summed E-state index contributed by atoms with van der Waals surface area (Å²) in [4.78, 5) is 12.4. The number of Topliss-reactive ketones (excluding diaryl/α,β-unsaturated/α-hetero) is 1. The summed E-state index contributed by atoms with van der Waals surface area (Å²) >= 11 is 0. The Morgan fingerprint density at radius 3 is 2.94 bits per heavy atom. The minimum atomic E-state index is 0.218. The summed E-state index contributed by atoms with van der Waals surface area (Å²) in [5.74, 6) is 1.24. The molecule has 1 aliphatic carbocycles.